The number of hydrogen-bond donors (Lipinski definition) is 0. The van der Waals surface area contributed by atoms with Crippen molar-refractivity contribution in [3.63, 3.8) is 0 Å². The van der Waals surface area contributed by atoms with E-state index in [9.17, 15) is 4.79 Å². The van der Waals surface area contributed by atoms with Crippen LogP contribution in [0.1, 0.15) is 137 Å². The summed E-state index contributed by atoms with van der Waals surface area (Å²) in [6.45, 7) is 11.5. The summed E-state index contributed by atoms with van der Waals surface area (Å²) in [6.07, 6.45) is 27.6. The Morgan fingerprint density at radius 2 is 1.41 bits per heavy atom. The number of aromatic nitrogens is 3. The van der Waals surface area contributed by atoms with Crippen molar-refractivity contribution in [2.24, 2.45) is 0 Å². The number of carbonyl (C=O) groups excluding carboxylic acids is 1. The third-order valence-electron chi connectivity index (χ3n) is 6.74. The molecule has 0 spiro atoms. The van der Waals surface area contributed by atoms with E-state index in [1.165, 1.54) is 89.9 Å². The lowest BCUT2D eigenvalue weighted by atomic mass is 10.0. The monoisotopic (exact) mass is 517 g/mol. The van der Waals surface area contributed by atoms with Gasteiger partial charge in [0.25, 0.3) is 0 Å². The molecule has 6 heteroatoms. The number of nitrogens with zero attached hydrogens (tertiary/aromatic N) is 3. The summed E-state index contributed by atoms with van der Waals surface area (Å²) < 4.78 is 13.8. The summed E-state index contributed by atoms with van der Waals surface area (Å²) in [7, 11) is 0. The fourth-order valence-electron chi connectivity index (χ4n) is 4.38. The van der Waals surface area contributed by atoms with Gasteiger partial charge in [-0.3, -0.25) is 4.79 Å². The van der Waals surface area contributed by atoms with Gasteiger partial charge in [0.15, 0.2) is 0 Å². The molecule has 6 nitrogen and oxygen atoms in total. The second-order valence-corrected chi connectivity index (χ2v) is 11.7. The SMILES string of the molecule is C#CC(=O)CC(C)(C)OCC(C)(C)OCCn1cc(CCCCCCCCCCCCCCCC)nn1. The number of unbranched alkanes of at least 4 members (excludes halogenated alkanes) is 13. The van der Waals surface area contributed by atoms with E-state index in [0.717, 1.165) is 12.1 Å². The van der Waals surface area contributed by atoms with E-state index in [2.05, 4.69) is 23.2 Å². The second kappa shape index (κ2) is 19.4. The molecule has 0 aliphatic rings. The summed E-state index contributed by atoms with van der Waals surface area (Å²) in [5, 5.41) is 8.57. The molecule has 1 aromatic rings. The number of Topliss-reactive ketones (excluding diaryl/α,β-unsaturated/α-hetero) is 1. The molecular formula is C31H55N3O3. The highest BCUT2D eigenvalue weighted by Crippen LogP contribution is 2.20. The molecule has 0 aliphatic heterocycles. The van der Waals surface area contributed by atoms with Crippen LogP contribution in [-0.2, 0) is 27.2 Å². The standard InChI is InChI=1S/C31H55N3O3/c1-7-9-10-11-12-13-14-15-16-17-18-19-20-21-22-28-26-34(33-32-28)23-24-36-31(5,6)27-37-30(3,4)25-29(35)8-2/h2,26H,7,9-25,27H2,1,3-6H3. The lowest BCUT2D eigenvalue weighted by molar-refractivity contribution is -0.135. The number of aryl methyl sites for hydroxylation is 1. The highest BCUT2D eigenvalue weighted by Gasteiger charge is 2.27. The molecular weight excluding hydrogens is 462 g/mol. The highest BCUT2D eigenvalue weighted by atomic mass is 16.6. The van der Waals surface area contributed by atoms with Crippen molar-refractivity contribution in [1.82, 2.24) is 15.0 Å². The molecule has 37 heavy (non-hydrogen) atoms. The van der Waals surface area contributed by atoms with E-state index in [1.807, 2.05) is 38.6 Å². The van der Waals surface area contributed by atoms with E-state index in [0.29, 0.717) is 19.8 Å². The number of ketones is 1. The Balaban J connectivity index is 2.06. The number of rotatable bonds is 24. The number of ether oxygens (including phenoxy) is 2. The second-order valence-electron chi connectivity index (χ2n) is 11.7. The zero-order valence-corrected chi connectivity index (χ0v) is 24.7. The third kappa shape index (κ3) is 18.2. The highest BCUT2D eigenvalue weighted by molar-refractivity contribution is 5.95. The molecule has 212 valence electrons. The average Bonchev–Trinajstić information content (AvgIpc) is 3.30. The maximum atomic E-state index is 11.5. The van der Waals surface area contributed by atoms with Crippen molar-refractivity contribution in [2.45, 2.75) is 155 Å². The van der Waals surface area contributed by atoms with Gasteiger partial charge in [-0.15, -0.1) is 11.5 Å². The largest absolute Gasteiger partial charge is 0.372 e. The minimum absolute atomic E-state index is 0.195. The Morgan fingerprint density at radius 3 is 1.95 bits per heavy atom. The van der Waals surface area contributed by atoms with Gasteiger partial charge in [-0.1, -0.05) is 95.6 Å². The van der Waals surface area contributed by atoms with Crippen molar-refractivity contribution in [2.75, 3.05) is 13.2 Å². The van der Waals surface area contributed by atoms with E-state index >= 15 is 0 Å². The molecule has 0 saturated heterocycles. The van der Waals surface area contributed by atoms with E-state index < -0.39 is 11.2 Å². The van der Waals surface area contributed by atoms with Crippen molar-refractivity contribution in [1.29, 1.82) is 0 Å². The smallest absolute Gasteiger partial charge is 0.208 e. The molecule has 0 aromatic carbocycles. The fourth-order valence-corrected chi connectivity index (χ4v) is 4.38. The maximum absolute atomic E-state index is 11.5. The fraction of sp³-hybridized carbons (Fsp3) is 0.839. The van der Waals surface area contributed by atoms with Crippen LogP contribution in [0.4, 0.5) is 0 Å². The summed E-state index contributed by atoms with van der Waals surface area (Å²) in [5.41, 5.74) is -0.0341. The zero-order chi connectivity index (χ0) is 27.4. The molecule has 0 N–H and O–H groups in total. The normalized spacial score (nSPS) is 12.1. The minimum atomic E-state index is -0.613. The number of carbonyl (C=O) groups is 1. The topological polar surface area (TPSA) is 66.2 Å². The molecule has 1 aromatic heterocycles. The molecule has 0 radical (unpaired) electrons. The number of hydrogen-bond acceptors (Lipinski definition) is 5. The van der Waals surface area contributed by atoms with Crippen LogP contribution in [0.25, 0.3) is 0 Å². The van der Waals surface area contributed by atoms with Crippen molar-refractivity contribution < 1.29 is 14.3 Å². The van der Waals surface area contributed by atoms with Crippen molar-refractivity contribution >= 4 is 5.78 Å². The van der Waals surface area contributed by atoms with Crippen molar-refractivity contribution in [3.8, 4) is 12.3 Å². The van der Waals surface area contributed by atoms with E-state index in [-0.39, 0.29) is 12.2 Å². The Labute approximate surface area is 227 Å². The Kier molecular flexibility index (Phi) is 17.4. The van der Waals surface area contributed by atoms with Crippen LogP contribution >= 0.6 is 0 Å². The predicted molar refractivity (Wildman–Crippen MR) is 153 cm³/mol. The van der Waals surface area contributed by atoms with E-state index in [1.54, 1.807) is 0 Å². The van der Waals surface area contributed by atoms with Gasteiger partial charge < -0.3 is 9.47 Å². The first-order valence-corrected chi connectivity index (χ1v) is 14.8. The molecule has 0 aliphatic carbocycles. The van der Waals surface area contributed by atoms with Crippen LogP contribution in [0.3, 0.4) is 0 Å². The molecule has 0 bridgehead atoms. The molecule has 0 amide bonds. The first kappa shape index (κ1) is 33.3. The third-order valence-corrected chi connectivity index (χ3v) is 6.74. The Hall–Kier alpha value is -1.71. The summed E-state index contributed by atoms with van der Waals surface area (Å²) in [4.78, 5) is 11.5. The van der Waals surface area contributed by atoms with Gasteiger partial charge in [0.05, 0.1) is 36.7 Å². The van der Waals surface area contributed by atoms with Crippen LogP contribution in [0.2, 0.25) is 0 Å². The zero-order valence-electron chi connectivity index (χ0n) is 24.7. The molecule has 0 unspecified atom stereocenters. The van der Waals surface area contributed by atoms with Crippen LogP contribution in [0.15, 0.2) is 6.20 Å². The first-order chi connectivity index (χ1) is 17.7. The molecule has 0 saturated carbocycles. The molecule has 1 heterocycles. The van der Waals surface area contributed by atoms with Gasteiger partial charge >= 0.3 is 0 Å². The molecule has 0 atom stereocenters. The summed E-state index contributed by atoms with van der Waals surface area (Å²) in [5.74, 6) is 1.89. The lowest BCUT2D eigenvalue weighted by Gasteiger charge is -2.31. The number of terminal acetylenes is 1. The first-order valence-electron chi connectivity index (χ1n) is 14.8. The summed E-state index contributed by atoms with van der Waals surface area (Å²) in [6, 6.07) is 0. The van der Waals surface area contributed by atoms with Gasteiger partial charge in [-0.25, -0.2) is 4.68 Å². The quantitative estimate of drug-likeness (QED) is 0.0807. The summed E-state index contributed by atoms with van der Waals surface area (Å²) >= 11 is 0. The van der Waals surface area contributed by atoms with Gasteiger partial charge in [0, 0.05) is 12.6 Å². The van der Waals surface area contributed by atoms with Gasteiger partial charge in [-0.2, -0.15) is 0 Å². The van der Waals surface area contributed by atoms with Crippen LogP contribution in [0, 0.1) is 12.3 Å². The van der Waals surface area contributed by atoms with E-state index in [4.69, 9.17) is 15.9 Å². The molecule has 1 rings (SSSR count). The maximum Gasteiger partial charge on any atom is 0.208 e. The minimum Gasteiger partial charge on any atom is -0.372 e. The molecule has 0 fully saturated rings. The Bertz CT molecular complexity index is 764. The average molecular weight is 518 g/mol. The van der Waals surface area contributed by atoms with Crippen LogP contribution in [0.5, 0.6) is 0 Å². The van der Waals surface area contributed by atoms with Crippen molar-refractivity contribution in [3.05, 3.63) is 11.9 Å². The van der Waals surface area contributed by atoms with Gasteiger partial charge in [0.1, 0.15) is 0 Å². The lowest BCUT2D eigenvalue weighted by Crippen LogP contribution is -2.38. The van der Waals surface area contributed by atoms with Crippen LogP contribution < -0.4 is 0 Å². The van der Waals surface area contributed by atoms with Crippen LogP contribution in [-0.4, -0.2) is 45.2 Å². The van der Waals surface area contributed by atoms with Gasteiger partial charge in [-0.05, 0) is 46.5 Å². The van der Waals surface area contributed by atoms with Gasteiger partial charge in [0.2, 0.25) is 5.78 Å². The Morgan fingerprint density at radius 1 is 0.865 bits per heavy atom. The predicted octanol–water partition coefficient (Wildman–Crippen LogP) is 7.48.